The van der Waals surface area contributed by atoms with Crippen molar-refractivity contribution in [2.24, 2.45) is 32.5 Å². The van der Waals surface area contributed by atoms with Crippen LogP contribution in [-0.2, 0) is 0 Å². The van der Waals surface area contributed by atoms with Gasteiger partial charge in [0.05, 0.1) is 19.2 Å². The average molecular weight is 333 g/mol. The number of halogens is 1. The van der Waals surface area contributed by atoms with E-state index in [4.69, 9.17) is 37.2 Å². The summed E-state index contributed by atoms with van der Waals surface area (Å²) in [6.07, 6.45) is 1.36. The van der Waals surface area contributed by atoms with Crippen LogP contribution in [0.25, 0.3) is 0 Å². The normalized spacial score (nSPS) is 10.6. The Morgan fingerprint density at radius 1 is 1.14 bits per heavy atom. The molecule has 0 aliphatic carbocycles. The molecule has 22 heavy (non-hydrogen) atoms. The van der Waals surface area contributed by atoms with E-state index in [0.29, 0.717) is 22.1 Å². The number of ether oxygens (including phenoxy) is 2. The highest BCUT2D eigenvalue weighted by Crippen LogP contribution is 2.36. The van der Waals surface area contributed by atoms with Gasteiger partial charge in [0.1, 0.15) is 0 Å². The van der Waals surface area contributed by atoms with Gasteiger partial charge in [-0.3, -0.25) is 0 Å². The molecule has 0 atom stereocenters. The zero-order valence-electron chi connectivity index (χ0n) is 11.9. The van der Waals surface area contributed by atoms with Gasteiger partial charge in [-0.05, 0) is 17.3 Å². The Balaban J connectivity index is 0.000000763. The van der Waals surface area contributed by atoms with Crippen LogP contribution in [0.2, 0.25) is 5.02 Å². The SMILES string of the molecule is COc1ccc(C=NC(N)=NO)c(Cl)c1OC.NC(N)=NO. The molecular weight excluding hydrogens is 316 g/mol. The third kappa shape index (κ3) is 6.05. The molecule has 0 fully saturated rings. The second kappa shape index (κ2) is 9.94. The fourth-order valence-corrected chi connectivity index (χ4v) is 1.45. The van der Waals surface area contributed by atoms with Gasteiger partial charge in [0.25, 0.3) is 5.96 Å². The van der Waals surface area contributed by atoms with E-state index in [9.17, 15) is 0 Å². The highest BCUT2D eigenvalue weighted by Gasteiger charge is 2.11. The first-order chi connectivity index (χ1) is 10.4. The molecule has 0 bridgehead atoms. The van der Waals surface area contributed by atoms with Crippen LogP contribution in [0.5, 0.6) is 11.5 Å². The first kappa shape index (κ1) is 19.1. The molecule has 10 nitrogen and oxygen atoms in total. The van der Waals surface area contributed by atoms with Gasteiger partial charge in [0, 0.05) is 11.8 Å². The smallest absolute Gasteiger partial charge is 0.256 e. The van der Waals surface area contributed by atoms with E-state index in [2.05, 4.69) is 26.8 Å². The van der Waals surface area contributed by atoms with Crippen molar-refractivity contribution in [2.75, 3.05) is 14.2 Å². The Hall–Kier alpha value is -2.88. The summed E-state index contributed by atoms with van der Waals surface area (Å²) in [7, 11) is 2.99. The molecule has 8 N–H and O–H groups in total. The Bertz CT molecular complexity index is 572. The number of guanidine groups is 2. The van der Waals surface area contributed by atoms with Gasteiger partial charge in [0.2, 0.25) is 5.96 Å². The van der Waals surface area contributed by atoms with Gasteiger partial charge in [-0.15, -0.1) is 0 Å². The summed E-state index contributed by atoms with van der Waals surface area (Å²) in [6, 6.07) is 3.36. The molecule has 1 aromatic rings. The molecule has 0 saturated heterocycles. The quantitative estimate of drug-likeness (QED) is 0.226. The van der Waals surface area contributed by atoms with Crippen LogP contribution in [0.1, 0.15) is 5.56 Å². The topological polar surface area (TPSA) is 174 Å². The highest BCUT2D eigenvalue weighted by molar-refractivity contribution is 6.35. The number of hydrogen-bond acceptors (Lipinski definition) is 6. The van der Waals surface area contributed by atoms with Gasteiger partial charge in [-0.25, -0.2) is 4.99 Å². The summed E-state index contributed by atoms with van der Waals surface area (Å²) in [5, 5.41) is 21.2. The number of aliphatic imine (C=N–C) groups is 1. The molecule has 122 valence electrons. The van der Waals surface area contributed by atoms with Gasteiger partial charge < -0.3 is 37.1 Å². The molecule has 1 rings (SSSR count). The van der Waals surface area contributed by atoms with Crippen LogP contribution >= 0.6 is 11.6 Å². The molecule has 0 radical (unpaired) electrons. The Kier molecular flexibility index (Phi) is 8.63. The summed E-state index contributed by atoms with van der Waals surface area (Å²) in [4.78, 5) is 3.68. The molecule has 0 unspecified atom stereocenters. The third-order valence-corrected chi connectivity index (χ3v) is 2.46. The van der Waals surface area contributed by atoms with Crippen molar-refractivity contribution in [3.05, 3.63) is 22.7 Å². The maximum absolute atomic E-state index is 8.34. The number of nitrogens with two attached hydrogens (primary N) is 3. The second-order valence-corrected chi connectivity index (χ2v) is 3.82. The first-order valence-electron chi connectivity index (χ1n) is 5.56. The van der Waals surface area contributed by atoms with Gasteiger partial charge in [-0.1, -0.05) is 16.8 Å². The molecule has 0 spiro atoms. The minimum Gasteiger partial charge on any atom is -0.493 e. The van der Waals surface area contributed by atoms with Crippen molar-refractivity contribution >= 4 is 29.7 Å². The van der Waals surface area contributed by atoms with Gasteiger partial charge in [0.15, 0.2) is 11.5 Å². The summed E-state index contributed by atoms with van der Waals surface area (Å²) in [5.74, 6) is 0.330. The predicted octanol–water partition coefficient (Wildman–Crippen LogP) is 0.129. The van der Waals surface area contributed by atoms with E-state index in [-0.39, 0.29) is 11.9 Å². The molecule has 11 heteroatoms. The average Bonchev–Trinajstić information content (AvgIpc) is 2.53. The summed E-state index contributed by atoms with van der Waals surface area (Å²) in [5.41, 5.74) is 14.9. The van der Waals surface area contributed by atoms with Crippen molar-refractivity contribution < 1.29 is 19.9 Å². The fraction of sp³-hybridized carbons (Fsp3) is 0.182. The van der Waals surface area contributed by atoms with Crippen molar-refractivity contribution in [3.8, 4) is 11.5 Å². The predicted molar refractivity (Wildman–Crippen MR) is 83.2 cm³/mol. The Morgan fingerprint density at radius 2 is 1.73 bits per heavy atom. The van der Waals surface area contributed by atoms with Crippen molar-refractivity contribution in [1.82, 2.24) is 0 Å². The number of methoxy groups -OCH3 is 2. The van der Waals surface area contributed by atoms with Crippen LogP contribution in [0.3, 0.4) is 0 Å². The maximum Gasteiger partial charge on any atom is 0.256 e. The number of benzene rings is 1. The third-order valence-electron chi connectivity index (χ3n) is 2.07. The number of oxime groups is 2. The molecule has 0 saturated carbocycles. The minimum absolute atomic E-state index is 0.268. The largest absolute Gasteiger partial charge is 0.493 e. The fourth-order valence-electron chi connectivity index (χ4n) is 1.17. The van der Waals surface area contributed by atoms with E-state index < -0.39 is 0 Å². The van der Waals surface area contributed by atoms with Crippen LogP contribution < -0.4 is 26.7 Å². The number of hydrogen-bond donors (Lipinski definition) is 5. The first-order valence-corrected chi connectivity index (χ1v) is 5.94. The van der Waals surface area contributed by atoms with E-state index in [0.717, 1.165) is 0 Å². The zero-order chi connectivity index (χ0) is 17.1. The van der Waals surface area contributed by atoms with Crippen LogP contribution in [0.4, 0.5) is 0 Å². The molecule has 0 aromatic heterocycles. The van der Waals surface area contributed by atoms with Crippen molar-refractivity contribution in [3.63, 3.8) is 0 Å². The van der Waals surface area contributed by atoms with Crippen molar-refractivity contribution in [2.45, 2.75) is 0 Å². The summed E-state index contributed by atoms with van der Waals surface area (Å²) >= 11 is 6.08. The molecule has 1 aromatic carbocycles. The lowest BCUT2D eigenvalue weighted by Crippen LogP contribution is -2.21. The van der Waals surface area contributed by atoms with Crippen molar-refractivity contribution in [1.29, 1.82) is 0 Å². The zero-order valence-corrected chi connectivity index (χ0v) is 12.7. The Labute approximate surface area is 131 Å². The molecular formula is C11H17ClN6O4. The molecule has 0 aliphatic heterocycles. The van der Waals surface area contributed by atoms with Crippen LogP contribution in [0.15, 0.2) is 27.4 Å². The van der Waals surface area contributed by atoms with E-state index in [1.54, 1.807) is 12.1 Å². The molecule has 0 amide bonds. The van der Waals surface area contributed by atoms with Gasteiger partial charge in [-0.2, -0.15) is 0 Å². The van der Waals surface area contributed by atoms with Gasteiger partial charge >= 0.3 is 0 Å². The van der Waals surface area contributed by atoms with E-state index in [1.165, 1.54) is 20.4 Å². The lowest BCUT2D eigenvalue weighted by atomic mass is 10.2. The standard InChI is InChI=1S/C10H12ClN3O3.CH5N3O/c1-16-7-4-3-6(5-13-10(12)14-15)8(11)9(7)17-2;2-1(3)4-5/h3-5,15H,1-2H3,(H2,12,14);5H,(H4,2,3,4). The monoisotopic (exact) mass is 332 g/mol. The number of nitrogens with zero attached hydrogens (tertiary/aromatic N) is 3. The summed E-state index contributed by atoms with van der Waals surface area (Å²) < 4.78 is 10.2. The Morgan fingerprint density at radius 3 is 2.14 bits per heavy atom. The lowest BCUT2D eigenvalue weighted by molar-refractivity contribution is 0.317. The van der Waals surface area contributed by atoms with Crippen LogP contribution in [0, 0.1) is 0 Å². The highest BCUT2D eigenvalue weighted by atomic mass is 35.5. The molecule has 0 heterocycles. The van der Waals surface area contributed by atoms with E-state index >= 15 is 0 Å². The number of rotatable bonds is 3. The summed E-state index contributed by atoms with van der Waals surface area (Å²) in [6.45, 7) is 0. The lowest BCUT2D eigenvalue weighted by Gasteiger charge is -2.10. The van der Waals surface area contributed by atoms with E-state index in [1.807, 2.05) is 0 Å². The van der Waals surface area contributed by atoms with Crippen LogP contribution in [-0.4, -0.2) is 42.8 Å². The second-order valence-electron chi connectivity index (χ2n) is 3.45. The maximum atomic E-state index is 8.34. The molecule has 0 aliphatic rings. The minimum atomic E-state index is -0.315.